The predicted octanol–water partition coefficient (Wildman–Crippen LogP) is 5.39. The topological polar surface area (TPSA) is 96.5 Å². The highest BCUT2D eigenvalue weighted by Gasteiger charge is 2.33. The van der Waals surface area contributed by atoms with Gasteiger partial charge in [0.15, 0.2) is 4.80 Å². The molecule has 1 amide bonds. The second-order valence-electron chi connectivity index (χ2n) is 9.55. The van der Waals surface area contributed by atoms with E-state index in [9.17, 15) is 9.59 Å². The lowest BCUT2D eigenvalue weighted by atomic mass is 10.0. The first-order valence-electron chi connectivity index (χ1n) is 13.1. The van der Waals surface area contributed by atoms with Gasteiger partial charge in [-0.05, 0) is 60.3 Å². The fourth-order valence-electron chi connectivity index (χ4n) is 4.76. The monoisotopic (exact) mass is 588 g/mol. The van der Waals surface area contributed by atoms with Crippen molar-refractivity contribution in [3.8, 4) is 11.8 Å². The van der Waals surface area contributed by atoms with Gasteiger partial charge in [-0.1, -0.05) is 65.9 Å². The summed E-state index contributed by atoms with van der Waals surface area (Å²) in [6.45, 7) is 2.12. The summed E-state index contributed by atoms with van der Waals surface area (Å²) < 4.78 is 8.22. The summed E-state index contributed by atoms with van der Waals surface area (Å²) in [6, 6.07) is 29.4. The Kier molecular flexibility index (Phi) is 7.64. The maximum atomic E-state index is 14.0. The van der Waals surface area contributed by atoms with E-state index in [-0.39, 0.29) is 11.5 Å². The normalized spacial score (nSPS) is 14.6. The van der Waals surface area contributed by atoms with Crippen LogP contribution in [0.25, 0.3) is 6.08 Å². The molecule has 42 heavy (non-hydrogen) atoms. The van der Waals surface area contributed by atoms with Crippen LogP contribution in [0.5, 0.6) is 5.75 Å². The minimum absolute atomic E-state index is 0.225. The first kappa shape index (κ1) is 27.1. The molecule has 0 unspecified atom stereocenters. The molecule has 0 saturated carbocycles. The van der Waals surface area contributed by atoms with Gasteiger partial charge in [-0.25, -0.2) is 4.99 Å². The molecule has 7 nitrogen and oxygen atoms in total. The average molecular weight is 589 g/mol. The van der Waals surface area contributed by atoms with Gasteiger partial charge in [0.05, 0.1) is 27.4 Å². The number of rotatable bonds is 7. The maximum Gasteiger partial charge on any atom is 0.271 e. The van der Waals surface area contributed by atoms with E-state index in [1.807, 2.05) is 97.2 Å². The standard InChI is InChI=1S/C33H24N4O3S2/c1-21-29(31(38)36-25-9-3-2-4-10-25)30(27-12-7-17-41-27)37-32(39)28(42-33(37)35-21)18-24-8-5-6-11-26(24)40-20-23-15-13-22(19-34)14-16-23/h2-18,30H,20H2,1H3,(H,36,38)/b28-18-/t30-/m0/s1. The Morgan fingerprint density at radius 1 is 1.05 bits per heavy atom. The lowest BCUT2D eigenvalue weighted by Crippen LogP contribution is -2.40. The van der Waals surface area contributed by atoms with Gasteiger partial charge in [0.25, 0.3) is 11.5 Å². The second kappa shape index (κ2) is 11.8. The minimum atomic E-state index is -0.602. The molecule has 0 bridgehead atoms. The molecule has 9 heteroatoms. The van der Waals surface area contributed by atoms with Crippen molar-refractivity contribution in [1.29, 1.82) is 5.26 Å². The van der Waals surface area contributed by atoms with Crippen LogP contribution in [0.3, 0.4) is 0 Å². The number of nitriles is 1. The highest BCUT2D eigenvalue weighted by atomic mass is 32.1. The van der Waals surface area contributed by atoms with Crippen molar-refractivity contribution in [3.63, 3.8) is 0 Å². The van der Waals surface area contributed by atoms with Gasteiger partial charge in [0, 0.05) is 16.1 Å². The molecule has 206 valence electrons. The molecular weight excluding hydrogens is 565 g/mol. The van der Waals surface area contributed by atoms with Crippen LogP contribution in [0.15, 0.2) is 117 Å². The molecule has 6 rings (SSSR count). The first-order valence-corrected chi connectivity index (χ1v) is 14.8. The molecule has 1 aliphatic heterocycles. The highest BCUT2D eigenvalue weighted by Crippen LogP contribution is 2.33. The van der Waals surface area contributed by atoms with Crippen molar-refractivity contribution >= 4 is 40.3 Å². The molecule has 3 aromatic carbocycles. The van der Waals surface area contributed by atoms with E-state index in [0.717, 1.165) is 16.0 Å². The number of benzene rings is 3. The number of allylic oxidation sites excluding steroid dienone is 1. The highest BCUT2D eigenvalue weighted by molar-refractivity contribution is 7.10. The molecular formula is C33H24N4O3S2. The Balaban J connectivity index is 1.37. The Labute approximate surface area is 249 Å². The van der Waals surface area contributed by atoms with Crippen LogP contribution in [0.1, 0.15) is 34.5 Å². The van der Waals surface area contributed by atoms with E-state index in [1.165, 1.54) is 22.7 Å². The van der Waals surface area contributed by atoms with Crippen molar-refractivity contribution in [2.24, 2.45) is 4.99 Å². The zero-order valence-electron chi connectivity index (χ0n) is 22.5. The molecule has 0 fully saturated rings. The average Bonchev–Trinajstić information content (AvgIpc) is 3.65. The van der Waals surface area contributed by atoms with Crippen LogP contribution in [-0.4, -0.2) is 10.5 Å². The molecule has 0 aliphatic carbocycles. The third-order valence-corrected chi connectivity index (χ3v) is 8.70. The van der Waals surface area contributed by atoms with Crippen LogP contribution >= 0.6 is 22.7 Å². The van der Waals surface area contributed by atoms with Gasteiger partial charge < -0.3 is 10.1 Å². The minimum Gasteiger partial charge on any atom is -0.488 e. The first-order chi connectivity index (χ1) is 20.5. The summed E-state index contributed by atoms with van der Waals surface area (Å²) in [7, 11) is 0. The van der Waals surface area contributed by atoms with Crippen LogP contribution in [0.4, 0.5) is 5.69 Å². The van der Waals surface area contributed by atoms with Crippen LogP contribution in [0, 0.1) is 11.3 Å². The van der Waals surface area contributed by atoms with E-state index in [0.29, 0.717) is 44.2 Å². The Hall–Kier alpha value is -5.04. The van der Waals surface area contributed by atoms with E-state index < -0.39 is 6.04 Å². The number of hydrogen-bond acceptors (Lipinski definition) is 7. The molecule has 1 aliphatic rings. The van der Waals surface area contributed by atoms with Gasteiger partial charge in [0.2, 0.25) is 0 Å². The van der Waals surface area contributed by atoms with Crippen molar-refractivity contribution in [2.45, 2.75) is 19.6 Å². The molecule has 0 spiro atoms. The summed E-state index contributed by atoms with van der Waals surface area (Å²) in [5.74, 6) is 0.332. The summed E-state index contributed by atoms with van der Waals surface area (Å²) in [6.07, 6.45) is 1.81. The number of ether oxygens (including phenoxy) is 1. The van der Waals surface area contributed by atoms with Crippen LogP contribution in [0.2, 0.25) is 0 Å². The smallest absolute Gasteiger partial charge is 0.271 e. The number of para-hydroxylation sites is 2. The molecule has 1 N–H and O–H groups in total. The van der Waals surface area contributed by atoms with Crippen molar-refractivity contribution in [3.05, 3.63) is 149 Å². The van der Waals surface area contributed by atoms with Gasteiger partial charge >= 0.3 is 0 Å². The second-order valence-corrected chi connectivity index (χ2v) is 11.5. The maximum absolute atomic E-state index is 14.0. The SMILES string of the molecule is CC1=C(C(=O)Nc2ccccc2)[C@H](c2cccs2)n2c(s/c(=C\c3ccccc3OCc3ccc(C#N)cc3)c2=O)=N1. The lowest BCUT2D eigenvalue weighted by molar-refractivity contribution is -0.113. The van der Waals surface area contributed by atoms with Crippen LogP contribution in [-0.2, 0) is 11.4 Å². The lowest BCUT2D eigenvalue weighted by Gasteiger charge is -2.24. The van der Waals surface area contributed by atoms with Crippen molar-refractivity contribution < 1.29 is 9.53 Å². The van der Waals surface area contributed by atoms with E-state index in [4.69, 9.17) is 15.0 Å². The molecule has 1 atom stereocenters. The fourth-order valence-corrected chi connectivity index (χ4v) is 6.62. The van der Waals surface area contributed by atoms with E-state index in [2.05, 4.69) is 11.4 Å². The number of thiophene rings is 1. The summed E-state index contributed by atoms with van der Waals surface area (Å²) in [5.41, 5.74) is 3.72. The molecule has 2 aromatic heterocycles. The Morgan fingerprint density at radius 2 is 1.81 bits per heavy atom. The quantitative estimate of drug-likeness (QED) is 0.276. The number of thiazole rings is 1. The van der Waals surface area contributed by atoms with E-state index >= 15 is 0 Å². The van der Waals surface area contributed by atoms with Gasteiger partial charge in [-0.3, -0.25) is 14.2 Å². The van der Waals surface area contributed by atoms with Gasteiger partial charge in [-0.2, -0.15) is 5.26 Å². The molecule has 5 aromatic rings. The Bertz CT molecular complexity index is 2020. The van der Waals surface area contributed by atoms with Crippen LogP contribution < -0.4 is 24.9 Å². The van der Waals surface area contributed by atoms with Crippen molar-refractivity contribution in [2.75, 3.05) is 5.32 Å². The van der Waals surface area contributed by atoms with Gasteiger partial charge in [-0.15, -0.1) is 11.3 Å². The number of anilines is 1. The molecule has 3 heterocycles. The zero-order valence-corrected chi connectivity index (χ0v) is 24.1. The number of nitrogens with one attached hydrogen (secondary N) is 1. The fraction of sp³-hybridized carbons (Fsp3) is 0.0909. The number of amides is 1. The number of carbonyl (C=O) groups excluding carboxylic acids is 1. The number of aromatic nitrogens is 1. The third kappa shape index (κ3) is 5.46. The zero-order chi connectivity index (χ0) is 29.1. The Morgan fingerprint density at radius 3 is 2.55 bits per heavy atom. The molecule has 0 radical (unpaired) electrons. The number of nitrogens with zero attached hydrogens (tertiary/aromatic N) is 3. The van der Waals surface area contributed by atoms with Gasteiger partial charge in [0.1, 0.15) is 18.4 Å². The summed E-state index contributed by atoms with van der Waals surface area (Å²) >= 11 is 2.78. The summed E-state index contributed by atoms with van der Waals surface area (Å²) in [5, 5.41) is 13.9. The largest absolute Gasteiger partial charge is 0.488 e. The molecule has 0 saturated heterocycles. The third-order valence-electron chi connectivity index (χ3n) is 6.79. The predicted molar refractivity (Wildman–Crippen MR) is 165 cm³/mol. The number of carbonyl (C=O) groups is 1. The number of fused-ring (bicyclic) bond motifs is 1. The van der Waals surface area contributed by atoms with E-state index in [1.54, 1.807) is 16.7 Å². The number of hydrogen-bond donors (Lipinski definition) is 1. The summed E-state index contributed by atoms with van der Waals surface area (Å²) in [4.78, 5) is 33.7. The van der Waals surface area contributed by atoms with Crippen molar-refractivity contribution in [1.82, 2.24) is 4.57 Å².